The van der Waals surface area contributed by atoms with Gasteiger partial charge in [0.1, 0.15) is 0 Å². The van der Waals surface area contributed by atoms with Crippen LogP contribution in [0.15, 0.2) is 30.3 Å². The fraction of sp³-hybridized carbons (Fsp3) is 0.600. The summed E-state index contributed by atoms with van der Waals surface area (Å²) in [5.41, 5.74) is 6.75. The van der Waals surface area contributed by atoms with Gasteiger partial charge in [0.2, 0.25) is 0 Å². The molecule has 100 valence electrons. The molecule has 1 aromatic rings. The smallest absolute Gasteiger partial charge is 0.0772 e. The lowest BCUT2D eigenvalue weighted by atomic mass is 9.91. The quantitative estimate of drug-likeness (QED) is 0.834. The Balaban J connectivity index is 2.08. The molecule has 0 saturated heterocycles. The van der Waals surface area contributed by atoms with Crippen molar-refractivity contribution >= 4 is 0 Å². The molecule has 1 aromatic carbocycles. The van der Waals surface area contributed by atoms with E-state index in [-0.39, 0.29) is 6.61 Å². The fourth-order valence-corrected chi connectivity index (χ4v) is 2.92. The largest absolute Gasteiger partial charge is 0.394 e. The van der Waals surface area contributed by atoms with Crippen molar-refractivity contribution in [2.24, 2.45) is 5.73 Å². The van der Waals surface area contributed by atoms with E-state index in [1.54, 1.807) is 0 Å². The molecule has 1 atom stereocenters. The molecule has 0 bridgehead atoms. The van der Waals surface area contributed by atoms with Crippen LogP contribution >= 0.6 is 0 Å². The van der Waals surface area contributed by atoms with Gasteiger partial charge in [-0.3, -0.25) is 0 Å². The number of likely N-dealkylation sites (N-methyl/N-ethyl adjacent to an activating group) is 1. The van der Waals surface area contributed by atoms with Gasteiger partial charge in [0.25, 0.3) is 0 Å². The molecule has 0 amide bonds. The van der Waals surface area contributed by atoms with Gasteiger partial charge in [-0.25, -0.2) is 0 Å². The predicted octanol–water partition coefficient (Wildman–Crippen LogP) is 1.71. The second-order valence-electron chi connectivity index (χ2n) is 5.53. The van der Waals surface area contributed by atoms with Gasteiger partial charge >= 0.3 is 0 Å². The summed E-state index contributed by atoms with van der Waals surface area (Å²) in [5, 5.41) is 9.68. The summed E-state index contributed by atoms with van der Waals surface area (Å²) in [7, 11) is 2.12. The first-order valence-electron chi connectivity index (χ1n) is 6.81. The van der Waals surface area contributed by atoms with Crippen molar-refractivity contribution in [2.75, 3.05) is 20.2 Å². The molecule has 2 rings (SSSR count). The van der Waals surface area contributed by atoms with Crippen molar-refractivity contribution in [1.29, 1.82) is 0 Å². The van der Waals surface area contributed by atoms with Gasteiger partial charge in [-0.1, -0.05) is 43.2 Å². The Bertz CT molecular complexity index is 362. The summed E-state index contributed by atoms with van der Waals surface area (Å²) in [4.78, 5) is 2.32. The zero-order chi connectivity index (χ0) is 13.0. The molecule has 0 aliphatic heterocycles. The lowest BCUT2D eigenvalue weighted by Gasteiger charge is -2.35. The third-order valence-corrected chi connectivity index (χ3v) is 4.11. The highest BCUT2D eigenvalue weighted by Crippen LogP contribution is 2.26. The molecular formula is C15H24N2O. The second kappa shape index (κ2) is 5.83. The van der Waals surface area contributed by atoms with Gasteiger partial charge in [-0.2, -0.15) is 0 Å². The van der Waals surface area contributed by atoms with Gasteiger partial charge in [0.05, 0.1) is 12.1 Å². The number of nitrogens with two attached hydrogens (primary N) is 1. The topological polar surface area (TPSA) is 49.5 Å². The molecule has 3 N–H and O–H groups in total. The van der Waals surface area contributed by atoms with Gasteiger partial charge in [-0.05, 0) is 25.5 Å². The number of aliphatic hydroxyl groups is 1. The Labute approximate surface area is 110 Å². The number of hydrogen-bond acceptors (Lipinski definition) is 3. The van der Waals surface area contributed by atoms with Crippen LogP contribution in [-0.4, -0.2) is 36.2 Å². The molecule has 1 aliphatic rings. The molecule has 1 saturated carbocycles. The molecular weight excluding hydrogens is 224 g/mol. The minimum absolute atomic E-state index is 0.0198. The second-order valence-corrected chi connectivity index (χ2v) is 5.53. The maximum absolute atomic E-state index is 9.68. The fourth-order valence-electron chi connectivity index (χ4n) is 2.92. The van der Waals surface area contributed by atoms with Crippen LogP contribution in [0, 0.1) is 0 Å². The van der Waals surface area contributed by atoms with Crippen molar-refractivity contribution in [3.05, 3.63) is 35.9 Å². The summed E-state index contributed by atoms with van der Waals surface area (Å²) in [5.74, 6) is 0. The summed E-state index contributed by atoms with van der Waals surface area (Å²) < 4.78 is 0. The maximum Gasteiger partial charge on any atom is 0.0772 e. The minimum atomic E-state index is -0.654. The number of aliphatic hydroxyl groups excluding tert-OH is 1. The highest BCUT2D eigenvalue weighted by molar-refractivity contribution is 5.24. The summed E-state index contributed by atoms with van der Waals surface area (Å²) in [6.45, 7) is 0.687. The maximum atomic E-state index is 9.68. The van der Waals surface area contributed by atoms with E-state index in [0.29, 0.717) is 12.6 Å². The van der Waals surface area contributed by atoms with Crippen LogP contribution in [0.2, 0.25) is 0 Å². The van der Waals surface area contributed by atoms with E-state index in [4.69, 9.17) is 5.73 Å². The Morgan fingerprint density at radius 3 is 2.44 bits per heavy atom. The Morgan fingerprint density at radius 1 is 1.28 bits per heavy atom. The highest BCUT2D eigenvalue weighted by atomic mass is 16.3. The van der Waals surface area contributed by atoms with Crippen LogP contribution in [0.4, 0.5) is 0 Å². The molecule has 3 nitrogen and oxygen atoms in total. The third kappa shape index (κ3) is 2.91. The molecule has 0 spiro atoms. The van der Waals surface area contributed by atoms with Crippen molar-refractivity contribution < 1.29 is 5.11 Å². The van der Waals surface area contributed by atoms with Gasteiger partial charge < -0.3 is 15.7 Å². The lowest BCUT2D eigenvalue weighted by Crippen LogP contribution is -2.51. The van der Waals surface area contributed by atoms with E-state index >= 15 is 0 Å². The van der Waals surface area contributed by atoms with E-state index in [0.717, 1.165) is 5.56 Å². The van der Waals surface area contributed by atoms with E-state index < -0.39 is 5.54 Å². The zero-order valence-corrected chi connectivity index (χ0v) is 11.2. The van der Waals surface area contributed by atoms with E-state index in [1.807, 2.05) is 30.3 Å². The molecule has 1 aliphatic carbocycles. The zero-order valence-electron chi connectivity index (χ0n) is 11.2. The van der Waals surface area contributed by atoms with Crippen LogP contribution in [0.1, 0.15) is 31.2 Å². The average molecular weight is 248 g/mol. The van der Waals surface area contributed by atoms with Crippen LogP contribution in [0.5, 0.6) is 0 Å². The predicted molar refractivity (Wildman–Crippen MR) is 74.3 cm³/mol. The van der Waals surface area contributed by atoms with Crippen molar-refractivity contribution in [3.8, 4) is 0 Å². The molecule has 0 radical (unpaired) electrons. The standard InChI is InChI=1S/C15H24N2O/c1-17(14-9-5-6-10-14)11-15(16,12-18)13-7-3-2-4-8-13/h2-4,7-8,14,18H,5-6,9-12,16H2,1H3. The Morgan fingerprint density at radius 2 is 1.89 bits per heavy atom. The monoisotopic (exact) mass is 248 g/mol. The van der Waals surface area contributed by atoms with Crippen molar-refractivity contribution in [3.63, 3.8) is 0 Å². The summed E-state index contributed by atoms with van der Waals surface area (Å²) in [6.07, 6.45) is 5.15. The molecule has 0 heterocycles. The van der Waals surface area contributed by atoms with Crippen molar-refractivity contribution in [1.82, 2.24) is 4.90 Å². The lowest BCUT2D eigenvalue weighted by molar-refractivity contribution is 0.127. The van der Waals surface area contributed by atoms with Crippen LogP contribution in [-0.2, 0) is 5.54 Å². The first-order valence-corrected chi connectivity index (χ1v) is 6.81. The SMILES string of the molecule is CN(CC(N)(CO)c1ccccc1)C1CCCC1. The number of nitrogens with zero attached hydrogens (tertiary/aromatic N) is 1. The number of benzene rings is 1. The van der Waals surface area contributed by atoms with E-state index in [1.165, 1.54) is 25.7 Å². The van der Waals surface area contributed by atoms with Gasteiger partial charge in [-0.15, -0.1) is 0 Å². The average Bonchev–Trinajstić information content (AvgIpc) is 2.93. The van der Waals surface area contributed by atoms with Crippen LogP contribution in [0.3, 0.4) is 0 Å². The highest BCUT2D eigenvalue weighted by Gasteiger charge is 2.31. The van der Waals surface area contributed by atoms with E-state index in [2.05, 4.69) is 11.9 Å². The minimum Gasteiger partial charge on any atom is -0.394 e. The molecule has 1 fully saturated rings. The normalized spacial score (nSPS) is 20.2. The molecule has 0 aromatic heterocycles. The van der Waals surface area contributed by atoms with Gasteiger partial charge in [0.15, 0.2) is 0 Å². The molecule has 18 heavy (non-hydrogen) atoms. The first-order chi connectivity index (χ1) is 8.65. The number of rotatable bonds is 5. The van der Waals surface area contributed by atoms with Crippen molar-refractivity contribution in [2.45, 2.75) is 37.3 Å². The number of hydrogen-bond donors (Lipinski definition) is 2. The summed E-state index contributed by atoms with van der Waals surface area (Å²) in [6, 6.07) is 10.5. The Hall–Kier alpha value is -0.900. The van der Waals surface area contributed by atoms with Crippen LogP contribution < -0.4 is 5.73 Å². The molecule has 3 heteroatoms. The first kappa shape index (κ1) is 13.5. The van der Waals surface area contributed by atoms with Crippen LogP contribution in [0.25, 0.3) is 0 Å². The Kier molecular flexibility index (Phi) is 4.38. The summed E-state index contributed by atoms with van der Waals surface area (Å²) >= 11 is 0. The third-order valence-electron chi connectivity index (χ3n) is 4.11. The van der Waals surface area contributed by atoms with Gasteiger partial charge in [0, 0.05) is 12.6 Å². The van der Waals surface area contributed by atoms with E-state index in [9.17, 15) is 5.11 Å². The molecule has 1 unspecified atom stereocenters.